The number of ether oxygens (including phenoxy) is 2. The smallest absolute Gasteiger partial charge is 0.394 e. The fourth-order valence-electron chi connectivity index (χ4n) is 4.81. The van der Waals surface area contributed by atoms with E-state index in [-0.39, 0.29) is 16.3 Å². The molecule has 0 aliphatic carbocycles. The van der Waals surface area contributed by atoms with E-state index in [9.17, 15) is 40.9 Å². The van der Waals surface area contributed by atoms with E-state index in [1.165, 1.54) is 0 Å². The summed E-state index contributed by atoms with van der Waals surface area (Å²) < 4.78 is 110. The van der Waals surface area contributed by atoms with Gasteiger partial charge < -0.3 is 19.7 Å². The van der Waals surface area contributed by atoms with Crippen molar-refractivity contribution in [2.75, 3.05) is 13.2 Å². The Morgan fingerprint density at radius 3 is 2.50 bits per heavy atom. The number of aliphatic hydroxyl groups is 2. The van der Waals surface area contributed by atoms with Crippen molar-refractivity contribution in [3.63, 3.8) is 0 Å². The van der Waals surface area contributed by atoms with Crippen molar-refractivity contribution in [2.24, 2.45) is 0 Å². The molecule has 2 aromatic heterocycles. The van der Waals surface area contributed by atoms with Gasteiger partial charge in [0.15, 0.2) is 17.5 Å². The minimum atomic E-state index is -4.87. The quantitative estimate of drug-likeness (QED) is 0.202. The lowest BCUT2D eigenvalue weighted by atomic mass is 9.91. The zero-order valence-corrected chi connectivity index (χ0v) is 23.2. The SMILES string of the molecule is OC[C@H]1O[C@@H](c2nncn2-c2cc(Cl)ccc2C(F)(F)F)[C@H](OCC(F)F)[C@@H](n2cc(-c3ccc(Cl)c(F)c3F)nn2)[C@H]1O. The molecule has 1 aliphatic rings. The van der Waals surface area contributed by atoms with Crippen molar-refractivity contribution in [2.45, 2.75) is 43.1 Å². The van der Waals surface area contributed by atoms with Crippen LogP contribution in [0.3, 0.4) is 0 Å². The Morgan fingerprint density at radius 2 is 1.82 bits per heavy atom. The summed E-state index contributed by atoms with van der Waals surface area (Å²) in [6.07, 6.45) is -12.6. The summed E-state index contributed by atoms with van der Waals surface area (Å²) in [5.74, 6) is -3.15. The van der Waals surface area contributed by atoms with Gasteiger partial charge in [-0.05, 0) is 30.3 Å². The van der Waals surface area contributed by atoms with Crippen LogP contribution in [0.1, 0.15) is 23.5 Å². The highest BCUT2D eigenvalue weighted by molar-refractivity contribution is 6.31. The lowest BCUT2D eigenvalue weighted by Crippen LogP contribution is -2.54. The molecule has 1 fully saturated rings. The van der Waals surface area contributed by atoms with E-state index in [1.54, 1.807) is 0 Å². The molecule has 0 bridgehead atoms. The summed E-state index contributed by atoms with van der Waals surface area (Å²) in [4.78, 5) is 0. The number of aliphatic hydroxyl groups excluding tert-OH is 2. The molecule has 0 unspecified atom stereocenters. The van der Waals surface area contributed by atoms with Crippen molar-refractivity contribution >= 4 is 23.2 Å². The van der Waals surface area contributed by atoms with Gasteiger partial charge in [-0.25, -0.2) is 22.2 Å². The maximum Gasteiger partial charge on any atom is 0.418 e. The Bertz CT molecular complexity index is 1640. The Labute approximate surface area is 252 Å². The van der Waals surface area contributed by atoms with E-state index in [4.69, 9.17) is 32.7 Å². The molecule has 1 saturated heterocycles. The molecule has 2 N–H and O–H groups in total. The molecule has 0 radical (unpaired) electrons. The molecule has 3 heterocycles. The topological polar surface area (TPSA) is 120 Å². The molecule has 5 atom stereocenters. The van der Waals surface area contributed by atoms with E-state index in [1.807, 2.05) is 0 Å². The Hall–Kier alpha value is -3.35. The highest BCUT2D eigenvalue weighted by Gasteiger charge is 2.50. The van der Waals surface area contributed by atoms with Crippen molar-refractivity contribution in [1.29, 1.82) is 0 Å². The fourth-order valence-corrected chi connectivity index (χ4v) is 5.12. The Kier molecular flexibility index (Phi) is 9.16. The van der Waals surface area contributed by atoms with Crippen LogP contribution in [-0.2, 0) is 15.7 Å². The monoisotopic (exact) mass is 670 g/mol. The van der Waals surface area contributed by atoms with Crippen LogP contribution in [0.25, 0.3) is 16.9 Å². The van der Waals surface area contributed by atoms with Crippen LogP contribution in [0, 0.1) is 11.6 Å². The number of halogens is 9. The van der Waals surface area contributed by atoms with Gasteiger partial charge in [0.25, 0.3) is 6.43 Å². The lowest BCUT2D eigenvalue weighted by molar-refractivity contribution is -0.229. The summed E-state index contributed by atoms with van der Waals surface area (Å²) in [5, 5.41) is 35.6. The number of benzene rings is 2. The molecule has 0 saturated carbocycles. The third-order valence-electron chi connectivity index (χ3n) is 6.76. The molecular formula is C25H19Cl2F7N6O4. The van der Waals surface area contributed by atoms with Crippen molar-refractivity contribution < 1.29 is 50.4 Å². The second-order valence-electron chi connectivity index (χ2n) is 9.47. The number of rotatable bonds is 8. The summed E-state index contributed by atoms with van der Waals surface area (Å²) in [7, 11) is 0. The van der Waals surface area contributed by atoms with Crippen LogP contribution in [0.5, 0.6) is 0 Å². The summed E-state index contributed by atoms with van der Waals surface area (Å²) >= 11 is 11.6. The van der Waals surface area contributed by atoms with Crippen LogP contribution in [0.15, 0.2) is 42.9 Å². The number of hydrogen-bond donors (Lipinski definition) is 2. The molecule has 1 aliphatic heterocycles. The van der Waals surface area contributed by atoms with E-state index >= 15 is 0 Å². The maximum absolute atomic E-state index is 14.6. The summed E-state index contributed by atoms with van der Waals surface area (Å²) in [5.41, 5.74) is -2.36. The third kappa shape index (κ3) is 6.12. The van der Waals surface area contributed by atoms with Gasteiger partial charge in [-0.15, -0.1) is 15.3 Å². The largest absolute Gasteiger partial charge is 0.418 e. The van der Waals surface area contributed by atoms with Crippen molar-refractivity contribution in [3.8, 4) is 16.9 Å². The van der Waals surface area contributed by atoms with Crippen molar-refractivity contribution in [1.82, 2.24) is 29.8 Å². The second kappa shape index (κ2) is 12.6. The average molecular weight is 671 g/mol. The maximum atomic E-state index is 14.6. The minimum Gasteiger partial charge on any atom is -0.394 e. The lowest BCUT2D eigenvalue weighted by Gasteiger charge is -2.43. The Balaban J connectivity index is 1.63. The minimum absolute atomic E-state index is 0.0924. The zero-order chi connectivity index (χ0) is 31.9. The average Bonchev–Trinajstić information content (AvgIpc) is 3.64. The predicted molar refractivity (Wildman–Crippen MR) is 137 cm³/mol. The second-order valence-corrected chi connectivity index (χ2v) is 10.3. The molecule has 10 nitrogen and oxygen atoms in total. The van der Waals surface area contributed by atoms with Crippen LogP contribution >= 0.6 is 23.2 Å². The van der Waals surface area contributed by atoms with Gasteiger partial charge >= 0.3 is 6.18 Å². The first-order valence-electron chi connectivity index (χ1n) is 12.5. The van der Waals surface area contributed by atoms with Crippen LogP contribution in [-0.4, -0.2) is 77.9 Å². The number of nitrogens with zero attached hydrogens (tertiary/aromatic N) is 6. The number of aromatic nitrogens is 6. The fraction of sp³-hybridized carbons (Fsp3) is 0.360. The van der Waals surface area contributed by atoms with Gasteiger partial charge in [-0.1, -0.05) is 28.4 Å². The van der Waals surface area contributed by atoms with E-state index in [2.05, 4.69) is 20.5 Å². The summed E-state index contributed by atoms with van der Waals surface area (Å²) in [6, 6.07) is 3.31. The number of alkyl halides is 5. The van der Waals surface area contributed by atoms with Gasteiger partial charge in [0.2, 0.25) is 0 Å². The molecule has 236 valence electrons. The van der Waals surface area contributed by atoms with Gasteiger partial charge in [0.1, 0.15) is 49.1 Å². The number of hydrogen-bond acceptors (Lipinski definition) is 8. The van der Waals surface area contributed by atoms with Crippen LogP contribution < -0.4 is 0 Å². The van der Waals surface area contributed by atoms with Gasteiger partial charge in [-0.3, -0.25) is 4.57 Å². The standard InChI is InChI=1S/C25H19Cl2F7N6O4/c26-10-1-3-12(25(32,33)34)15(5-10)39-9-35-37-24(39)23-22(43-8-17(28)29)20(21(42)16(7-41)44-23)40-6-14(36-38-40)11-2-4-13(27)19(31)18(11)30/h1-6,9,16-17,20-23,41-42H,7-8H2/t16-,20+,21+,22-,23-/m1/s1. The molecule has 0 amide bonds. The summed E-state index contributed by atoms with van der Waals surface area (Å²) in [6.45, 7) is -2.11. The highest BCUT2D eigenvalue weighted by atomic mass is 35.5. The van der Waals surface area contributed by atoms with Crippen molar-refractivity contribution in [3.05, 3.63) is 75.9 Å². The van der Waals surface area contributed by atoms with E-state index < -0.39 is 90.0 Å². The molecule has 2 aromatic carbocycles. The van der Waals surface area contributed by atoms with Gasteiger partial charge in [0, 0.05) is 10.6 Å². The van der Waals surface area contributed by atoms with Gasteiger partial charge in [0.05, 0.1) is 29.1 Å². The van der Waals surface area contributed by atoms with E-state index in [0.717, 1.165) is 46.0 Å². The molecule has 0 spiro atoms. The molecule has 19 heteroatoms. The highest BCUT2D eigenvalue weighted by Crippen LogP contribution is 2.42. The van der Waals surface area contributed by atoms with E-state index in [0.29, 0.717) is 6.07 Å². The molecule has 5 rings (SSSR count). The van der Waals surface area contributed by atoms with Crippen LogP contribution in [0.2, 0.25) is 10.0 Å². The first-order chi connectivity index (χ1) is 20.8. The zero-order valence-electron chi connectivity index (χ0n) is 21.7. The third-order valence-corrected chi connectivity index (χ3v) is 7.29. The first kappa shape index (κ1) is 32.1. The predicted octanol–water partition coefficient (Wildman–Crippen LogP) is 4.81. The first-order valence-corrected chi connectivity index (χ1v) is 13.2. The Morgan fingerprint density at radius 1 is 1.07 bits per heavy atom. The molecule has 44 heavy (non-hydrogen) atoms. The molecular weight excluding hydrogens is 652 g/mol. The normalized spacial score (nSPS) is 22.6. The molecule has 4 aromatic rings. The van der Waals surface area contributed by atoms with Gasteiger partial charge in [-0.2, -0.15) is 13.2 Å². The van der Waals surface area contributed by atoms with Crippen LogP contribution in [0.4, 0.5) is 30.7 Å².